The molecule has 7 heteroatoms. The zero-order valence-electron chi connectivity index (χ0n) is 14.1. The van der Waals surface area contributed by atoms with E-state index in [2.05, 4.69) is 21.9 Å². The summed E-state index contributed by atoms with van der Waals surface area (Å²) < 4.78 is 5.01. The molecule has 0 atom stereocenters. The lowest BCUT2D eigenvalue weighted by Gasteiger charge is -2.04. The van der Waals surface area contributed by atoms with E-state index in [0.717, 1.165) is 17.0 Å². The van der Waals surface area contributed by atoms with Crippen LogP contribution < -0.4 is 5.32 Å². The smallest absolute Gasteiger partial charge is 0.360 e. The van der Waals surface area contributed by atoms with Gasteiger partial charge < -0.3 is 10.1 Å². The second-order valence-electron chi connectivity index (χ2n) is 4.88. The van der Waals surface area contributed by atoms with E-state index in [4.69, 9.17) is 4.74 Å². The first kappa shape index (κ1) is 18.5. The fraction of sp³-hybridized carbons (Fsp3) is 0.222. The highest BCUT2D eigenvalue weighted by Crippen LogP contribution is 2.32. The maximum atomic E-state index is 12.4. The van der Waals surface area contributed by atoms with Crippen molar-refractivity contribution >= 4 is 39.1 Å². The predicted octanol–water partition coefficient (Wildman–Crippen LogP) is 4.24. The average Bonchev–Trinajstić information content (AvgIpc) is 3.03. The zero-order valence-corrected chi connectivity index (χ0v) is 14.9. The molecule has 25 heavy (non-hydrogen) atoms. The molecule has 1 aromatic heterocycles. The fourth-order valence-corrected chi connectivity index (χ4v) is 2.79. The van der Waals surface area contributed by atoms with Gasteiger partial charge in [0.1, 0.15) is 5.00 Å². The third kappa shape index (κ3) is 4.84. The molecule has 0 aliphatic carbocycles. The van der Waals surface area contributed by atoms with Gasteiger partial charge in [-0.15, -0.1) is 0 Å². The van der Waals surface area contributed by atoms with Gasteiger partial charge in [-0.3, -0.25) is 4.79 Å². The van der Waals surface area contributed by atoms with E-state index < -0.39 is 5.97 Å². The third-order valence-corrected chi connectivity index (χ3v) is 4.05. The van der Waals surface area contributed by atoms with Crippen molar-refractivity contribution in [2.75, 3.05) is 11.9 Å². The number of esters is 1. The van der Waals surface area contributed by atoms with Crippen LogP contribution in [0.1, 0.15) is 41.1 Å². The molecule has 0 spiro atoms. The molecule has 2 rings (SSSR count). The summed E-state index contributed by atoms with van der Waals surface area (Å²) in [5.74, 6) is -0.926. The first-order valence-corrected chi connectivity index (χ1v) is 8.65. The van der Waals surface area contributed by atoms with Crippen LogP contribution in [-0.2, 0) is 4.74 Å². The van der Waals surface area contributed by atoms with Gasteiger partial charge in [0, 0.05) is 11.3 Å². The number of carbonyl (C=O) groups excluding carboxylic acids is 2. The van der Waals surface area contributed by atoms with Crippen LogP contribution in [0.3, 0.4) is 0 Å². The van der Waals surface area contributed by atoms with Gasteiger partial charge in [-0.25, -0.2) is 14.8 Å². The van der Waals surface area contributed by atoms with Crippen molar-refractivity contribution in [3.63, 3.8) is 0 Å². The van der Waals surface area contributed by atoms with Gasteiger partial charge in [0.25, 0.3) is 5.91 Å². The van der Waals surface area contributed by atoms with Crippen molar-refractivity contribution < 1.29 is 14.3 Å². The molecule has 6 nitrogen and oxygen atoms in total. The van der Waals surface area contributed by atoms with Crippen LogP contribution in [0, 0.1) is 0 Å². The first-order valence-electron chi connectivity index (χ1n) is 7.83. The van der Waals surface area contributed by atoms with E-state index in [1.807, 2.05) is 13.0 Å². The number of carbonyl (C=O) groups is 2. The molecule has 0 aliphatic rings. The number of amides is 1. The van der Waals surface area contributed by atoms with E-state index in [9.17, 15) is 9.59 Å². The van der Waals surface area contributed by atoms with E-state index in [1.54, 1.807) is 37.3 Å². The van der Waals surface area contributed by atoms with Crippen LogP contribution in [0.25, 0.3) is 0 Å². The maximum Gasteiger partial charge on any atom is 0.360 e. The van der Waals surface area contributed by atoms with Crippen LogP contribution >= 0.6 is 11.3 Å². The largest absolute Gasteiger partial charge is 0.461 e. The van der Waals surface area contributed by atoms with Gasteiger partial charge in [0.15, 0.2) is 5.69 Å². The molecule has 1 N–H and O–H groups in total. The van der Waals surface area contributed by atoms with E-state index in [0.29, 0.717) is 22.1 Å². The Hall–Kier alpha value is -2.80. The van der Waals surface area contributed by atoms with Gasteiger partial charge in [-0.1, -0.05) is 43.0 Å². The number of hydrogen-bond donors (Lipinski definition) is 1. The Morgan fingerprint density at radius 2 is 2.04 bits per heavy atom. The summed E-state index contributed by atoms with van der Waals surface area (Å²) in [5, 5.41) is 3.39. The van der Waals surface area contributed by atoms with Crippen LogP contribution in [-0.4, -0.2) is 29.2 Å². The lowest BCUT2D eigenvalue weighted by Crippen LogP contribution is -2.14. The summed E-state index contributed by atoms with van der Waals surface area (Å²) in [6.07, 6.45) is 2.32. The lowest BCUT2D eigenvalue weighted by atomic mass is 10.2. The number of anilines is 1. The third-order valence-electron chi connectivity index (χ3n) is 3.18. The summed E-state index contributed by atoms with van der Waals surface area (Å²) in [6, 6.07) is 8.73. The van der Waals surface area contributed by atoms with Gasteiger partial charge in [0.2, 0.25) is 5.13 Å². The second kappa shape index (κ2) is 8.89. The van der Waals surface area contributed by atoms with Crippen molar-refractivity contribution in [1.82, 2.24) is 4.98 Å². The van der Waals surface area contributed by atoms with Crippen LogP contribution in [0.5, 0.6) is 0 Å². The standard InChI is InChI=1S/C18H19N3O3S/c1-4-13(5-2)19-18-20-14(17(23)24-6-3)16(25-18)21-15(22)12-10-8-7-9-11-12/h4,7-11H,1,5-6H2,2-3H3,(H,21,22). The summed E-state index contributed by atoms with van der Waals surface area (Å²) in [6.45, 7) is 7.56. The number of benzene rings is 1. The summed E-state index contributed by atoms with van der Waals surface area (Å²) >= 11 is 1.12. The zero-order chi connectivity index (χ0) is 18.2. The molecule has 2 aromatic rings. The number of rotatable bonds is 7. The molecule has 1 amide bonds. The summed E-state index contributed by atoms with van der Waals surface area (Å²) in [5.41, 5.74) is 1.27. The number of aromatic nitrogens is 1. The quantitative estimate of drug-likeness (QED) is 0.593. The van der Waals surface area contributed by atoms with Gasteiger partial charge in [-0.2, -0.15) is 0 Å². The Bertz CT molecular complexity index is 797. The molecular weight excluding hydrogens is 338 g/mol. The van der Waals surface area contributed by atoms with E-state index in [1.165, 1.54) is 0 Å². The van der Waals surface area contributed by atoms with Crippen molar-refractivity contribution in [3.8, 4) is 0 Å². The number of allylic oxidation sites excluding steroid dienone is 1. The summed E-state index contributed by atoms with van der Waals surface area (Å²) in [7, 11) is 0. The van der Waals surface area contributed by atoms with Crippen LogP contribution in [0.15, 0.2) is 48.0 Å². The van der Waals surface area contributed by atoms with Crippen LogP contribution in [0.2, 0.25) is 0 Å². The van der Waals surface area contributed by atoms with Gasteiger partial charge in [-0.05, 0) is 31.6 Å². The van der Waals surface area contributed by atoms with Crippen LogP contribution in [0.4, 0.5) is 10.1 Å². The minimum absolute atomic E-state index is 0.0504. The molecule has 0 saturated carbocycles. The number of nitrogens with zero attached hydrogens (tertiary/aromatic N) is 2. The van der Waals surface area contributed by atoms with E-state index in [-0.39, 0.29) is 18.2 Å². The number of aliphatic imine (C=N–C) groups is 1. The number of thiazole rings is 1. The number of hydrogen-bond acceptors (Lipinski definition) is 6. The average molecular weight is 357 g/mol. The van der Waals surface area contributed by atoms with E-state index >= 15 is 0 Å². The normalized spacial score (nSPS) is 11.0. The Kier molecular flexibility index (Phi) is 6.59. The number of nitrogens with one attached hydrogen (secondary N) is 1. The maximum absolute atomic E-state index is 12.4. The Morgan fingerprint density at radius 1 is 1.32 bits per heavy atom. The second-order valence-corrected chi connectivity index (χ2v) is 5.85. The Balaban J connectivity index is 2.35. The molecular formula is C18H19N3O3S. The van der Waals surface area contributed by atoms with Crippen molar-refractivity contribution in [3.05, 3.63) is 54.2 Å². The SMILES string of the molecule is C=CC(CC)=Nc1nc(C(=O)OCC)c(NC(=O)c2ccccc2)s1. The lowest BCUT2D eigenvalue weighted by molar-refractivity contribution is 0.0521. The topological polar surface area (TPSA) is 80.7 Å². The van der Waals surface area contributed by atoms with Crippen molar-refractivity contribution in [2.24, 2.45) is 4.99 Å². The number of ether oxygens (including phenoxy) is 1. The molecule has 0 aliphatic heterocycles. The molecule has 130 valence electrons. The molecule has 0 radical (unpaired) electrons. The minimum atomic E-state index is -0.597. The Labute approximate surface area is 150 Å². The molecule has 0 fully saturated rings. The molecule has 0 bridgehead atoms. The minimum Gasteiger partial charge on any atom is -0.461 e. The molecule has 0 unspecified atom stereocenters. The first-order chi connectivity index (χ1) is 12.1. The molecule has 1 aromatic carbocycles. The highest BCUT2D eigenvalue weighted by Gasteiger charge is 2.21. The summed E-state index contributed by atoms with van der Waals surface area (Å²) in [4.78, 5) is 33.0. The Morgan fingerprint density at radius 3 is 2.64 bits per heavy atom. The van der Waals surface area contributed by atoms with Gasteiger partial charge >= 0.3 is 5.97 Å². The van der Waals surface area contributed by atoms with Crippen molar-refractivity contribution in [2.45, 2.75) is 20.3 Å². The monoisotopic (exact) mass is 357 g/mol. The van der Waals surface area contributed by atoms with Gasteiger partial charge in [0.05, 0.1) is 6.61 Å². The highest BCUT2D eigenvalue weighted by molar-refractivity contribution is 7.19. The molecule has 1 heterocycles. The fourth-order valence-electron chi connectivity index (χ4n) is 1.94. The highest BCUT2D eigenvalue weighted by atomic mass is 32.1. The van der Waals surface area contributed by atoms with Crippen molar-refractivity contribution in [1.29, 1.82) is 0 Å². The predicted molar refractivity (Wildman–Crippen MR) is 100 cm³/mol. The molecule has 0 saturated heterocycles.